The first-order valence-corrected chi connectivity index (χ1v) is 18.6. The molecule has 13 nitrogen and oxygen atoms in total. The van der Waals surface area contributed by atoms with Crippen molar-refractivity contribution in [2.75, 3.05) is 14.2 Å². The van der Waals surface area contributed by atoms with Crippen molar-refractivity contribution in [2.45, 2.75) is 83.2 Å². The molecule has 0 spiro atoms. The summed E-state index contributed by atoms with van der Waals surface area (Å²) >= 11 is 0. The van der Waals surface area contributed by atoms with Crippen LogP contribution in [0.25, 0.3) is 22.1 Å². The number of methoxy groups -OCH3 is 2. The second kappa shape index (κ2) is 18.8. The summed E-state index contributed by atoms with van der Waals surface area (Å²) in [5.41, 5.74) is 9.05. The molecule has 316 valence electrons. The lowest BCUT2D eigenvalue weighted by Gasteiger charge is -2.26. The van der Waals surface area contributed by atoms with Gasteiger partial charge in [0.2, 0.25) is 17.5 Å². The fraction of sp³-hybridized carbons (Fsp3) is 0.538. The van der Waals surface area contributed by atoms with Crippen LogP contribution in [0.1, 0.15) is 57.8 Å². The van der Waals surface area contributed by atoms with Gasteiger partial charge in [0.1, 0.15) is 11.5 Å². The number of fused-ring (bicyclic) bond motifs is 2. The number of Topliss-reactive ketones (excluding diaryl/α,β-unsaturated/α-hetero) is 2. The molecular weight excluding hydrogens is 778 g/mol. The van der Waals surface area contributed by atoms with E-state index in [1.54, 1.807) is 37.4 Å². The Kier molecular flexibility index (Phi) is 14.6. The molecule has 58 heavy (non-hydrogen) atoms. The van der Waals surface area contributed by atoms with E-state index >= 15 is 0 Å². The minimum absolute atomic E-state index is 0.00409. The molecule has 0 saturated heterocycles. The number of nitrogens with zero attached hydrogens (tertiary/aromatic N) is 5. The molecule has 6 rings (SSSR count). The number of ether oxygens (including phenoxy) is 2. The van der Waals surface area contributed by atoms with Crippen LogP contribution in [0, 0.1) is 35.0 Å². The van der Waals surface area contributed by atoms with E-state index in [9.17, 15) is 50.3 Å². The smallest absolute Gasteiger partial charge is 0.450 e. The summed E-state index contributed by atoms with van der Waals surface area (Å²) in [6.45, 7) is 1.40. The van der Waals surface area contributed by atoms with Gasteiger partial charge in [0.05, 0.1) is 48.8 Å². The Hall–Kier alpha value is -5.54. The van der Waals surface area contributed by atoms with Gasteiger partial charge in [0.15, 0.2) is 0 Å². The molecule has 2 saturated carbocycles. The van der Waals surface area contributed by atoms with Gasteiger partial charge in [-0.3, -0.25) is 32.7 Å². The fourth-order valence-electron chi connectivity index (χ4n) is 7.35. The number of carbonyl (C=O) groups excluding carboxylic acids is 3. The maximum Gasteiger partial charge on any atom is 0.450 e. The van der Waals surface area contributed by atoms with Crippen molar-refractivity contribution >= 4 is 39.5 Å². The zero-order chi connectivity index (χ0) is 43.1. The van der Waals surface area contributed by atoms with Gasteiger partial charge in [-0.05, 0) is 87.5 Å². The number of primary amides is 1. The van der Waals surface area contributed by atoms with Crippen molar-refractivity contribution in [1.29, 1.82) is 5.26 Å². The molecule has 2 fully saturated rings. The highest BCUT2D eigenvalue weighted by molar-refractivity contribution is 6.03. The Morgan fingerprint density at radius 1 is 0.690 bits per heavy atom. The highest BCUT2D eigenvalue weighted by atomic mass is 19.4. The fourth-order valence-corrected chi connectivity index (χ4v) is 7.35. The zero-order valence-electron chi connectivity index (χ0n) is 32.5. The van der Waals surface area contributed by atoms with Crippen molar-refractivity contribution in [1.82, 2.24) is 18.3 Å². The molecule has 4 aromatic rings. The first-order valence-electron chi connectivity index (χ1n) is 18.6. The van der Waals surface area contributed by atoms with E-state index in [4.69, 9.17) is 20.5 Å². The molecule has 0 bridgehead atoms. The Morgan fingerprint density at radius 3 is 1.40 bits per heavy atom. The summed E-state index contributed by atoms with van der Waals surface area (Å²) in [4.78, 5) is 56.1. The molecule has 0 unspecified atom stereocenters. The number of benzene rings is 2. The summed E-state index contributed by atoms with van der Waals surface area (Å²) in [7, 11) is 6.85. The molecule has 2 heterocycles. The van der Waals surface area contributed by atoms with Crippen molar-refractivity contribution in [2.24, 2.45) is 43.5 Å². The standard InChI is InChI=1S/C17H23N3O3.C17H21N3O2.C5H2F6O2/c1-19-14-8-7-13(23-2)9-15(14)20(17(19)22)10-11-3-5-12(6-4-11)16(18)21;1-19-15-8-7-14(22-2)9-16(15)20(17(19)21)11-13-5-3-12(10-18)4-6-13;6-4(7,8)2(12)1-3(13)5(9,10)11/h7-9,11-12H,3-6,10H2,1-2H3,(H2,18,21);7-9,12-13H,3-6,11H2,1-2H3;1H2. The highest BCUT2D eigenvalue weighted by Gasteiger charge is 2.46. The van der Waals surface area contributed by atoms with Crippen LogP contribution in [0.15, 0.2) is 46.0 Å². The van der Waals surface area contributed by atoms with Gasteiger partial charge < -0.3 is 15.2 Å². The van der Waals surface area contributed by atoms with Crippen LogP contribution in [0.4, 0.5) is 26.3 Å². The number of rotatable bonds is 9. The quantitative estimate of drug-likeness (QED) is 0.159. The topological polar surface area (TPSA) is 173 Å². The summed E-state index contributed by atoms with van der Waals surface area (Å²) in [5.74, 6) is -3.02. The molecular formula is C39H46F6N6O7. The molecule has 1 amide bonds. The molecule has 2 N–H and O–H groups in total. The molecule has 19 heteroatoms. The molecule has 2 aromatic carbocycles. The predicted molar refractivity (Wildman–Crippen MR) is 200 cm³/mol. The maximum absolute atomic E-state index is 12.5. The van der Waals surface area contributed by atoms with Crippen LogP contribution in [0.5, 0.6) is 11.5 Å². The lowest BCUT2D eigenvalue weighted by Crippen LogP contribution is -2.31. The minimum atomic E-state index is -5.40. The van der Waals surface area contributed by atoms with E-state index in [-0.39, 0.29) is 29.1 Å². The number of carbonyl (C=O) groups is 3. The first kappa shape index (κ1) is 45.2. The Morgan fingerprint density at radius 2 is 1.07 bits per heavy atom. The number of aryl methyl sites for hydroxylation is 2. The van der Waals surface area contributed by atoms with Crippen LogP contribution in [-0.4, -0.2) is 62.3 Å². The van der Waals surface area contributed by atoms with Crippen LogP contribution < -0.4 is 26.6 Å². The van der Waals surface area contributed by atoms with Crippen molar-refractivity contribution in [3.8, 4) is 17.6 Å². The highest BCUT2D eigenvalue weighted by Crippen LogP contribution is 2.32. The largest absolute Gasteiger partial charge is 0.497 e. The van der Waals surface area contributed by atoms with Crippen molar-refractivity contribution in [3.05, 3.63) is 57.4 Å². The molecule has 0 atom stereocenters. The normalized spacial score (nSPS) is 19.6. The number of imidazole rings is 2. The molecule has 0 aliphatic heterocycles. The number of hydrogen-bond donors (Lipinski definition) is 1. The Balaban J connectivity index is 0.000000201. The van der Waals surface area contributed by atoms with Crippen LogP contribution in [-0.2, 0) is 41.6 Å². The van der Waals surface area contributed by atoms with E-state index < -0.39 is 30.3 Å². The second-order valence-electron chi connectivity index (χ2n) is 14.6. The monoisotopic (exact) mass is 824 g/mol. The molecule has 2 aromatic heterocycles. The third-order valence-corrected chi connectivity index (χ3v) is 10.8. The van der Waals surface area contributed by atoms with Crippen LogP contribution >= 0.6 is 0 Å². The molecule has 2 aliphatic rings. The van der Waals surface area contributed by atoms with Crippen LogP contribution in [0.2, 0.25) is 0 Å². The third kappa shape index (κ3) is 10.9. The number of amides is 1. The van der Waals surface area contributed by atoms with Gasteiger partial charge in [-0.25, -0.2) is 9.59 Å². The number of ketones is 2. The third-order valence-electron chi connectivity index (χ3n) is 10.8. The number of halogens is 6. The lowest BCUT2D eigenvalue weighted by atomic mass is 9.81. The SMILES string of the molecule is COc1ccc2c(c1)n(CC1CCC(C#N)CC1)c(=O)n2C.COc1ccc2c(c1)n(CC1CCC(C(N)=O)CC1)c(=O)n2C.O=C(CC(=O)C(F)(F)F)C(F)(F)F. The number of alkyl halides is 6. The maximum atomic E-state index is 12.5. The van der Waals surface area contributed by atoms with E-state index in [0.717, 1.165) is 91.5 Å². The Labute approximate surface area is 328 Å². The van der Waals surface area contributed by atoms with E-state index in [1.165, 1.54) is 0 Å². The molecule has 0 radical (unpaired) electrons. The van der Waals surface area contributed by atoms with E-state index in [1.807, 2.05) is 45.5 Å². The lowest BCUT2D eigenvalue weighted by molar-refractivity contribution is -0.182. The van der Waals surface area contributed by atoms with Gasteiger partial charge in [0, 0.05) is 51.2 Å². The summed E-state index contributed by atoms with van der Waals surface area (Å²) < 4.78 is 85.6. The van der Waals surface area contributed by atoms with Crippen molar-refractivity contribution < 1.29 is 50.2 Å². The summed E-state index contributed by atoms with van der Waals surface area (Å²) in [5, 5.41) is 8.99. The number of nitrogens with two attached hydrogens (primary N) is 1. The number of nitriles is 1. The Bertz CT molecular complexity index is 2240. The first-order chi connectivity index (χ1) is 27.2. The minimum Gasteiger partial charge on any atom is -0.497 e. The summed E-state index contributed by atoms with van der Waals surface area (Å²) in [6, 6.07) is 13.8. The second-order valence-corrected chi connectivity index (χ2v) is 14.6. The predicted octanol–water partition coefficient (Wildman–Crippen LogP) is 5.96. The van der Waals surface area contributed by atoms with Gasteiger partial charge in [-0.15, -0.1) is 0 Å². The number of aromatic nitrogens is 4. The zero-order valence-corrected chi connectivity index (χ0v) is 32.5. The summed E-state index contributed by atoms with van der Waals surface area (Å²) in [6.07, 6.45) is -5.55. The van der Waals surface area contributed by atoms with E-state index in [2.05, 4.69) is 6.07 Å². The van der Waals surface area contributed by atoms with E-state index in [0.29, 0.717) is 18.4 Å². The van der Waals surface area contributed by atoms with Gasteiger partial charge in [0.25, 0.3) is 0 Å². The average Bonchev–Trinajstić information content (AvgIpc) is 3.57. The van der Waals surface area contributed by atoms with Gasteiger partial charge >= 0.3 is 23.7 Å². The number of hydrogen-bond acceptors (Lipinski definition) is 8. The molecule has 2 aliphatic carbocycles. The van der Waals surface area contributed by atoms with Gasteiger partial charge in [-0.2, -0.15) is 31.6 Å². The van der Waals surface area contributed by atoms with Crippen molar-refractivity contribution in [3.63, 3.8) is 0 Å². The average molecular weight is 825 g/mol. The van der Waals surface area contributed by atoms with Crippen LogP contribution in [0.3, 0.4) is 0 Å². The van der Waals surface area contributed by atoms with Gasteiger partial charge in [-0.1, -0.05) is 0 Å².